The van der Waals surface area contributed by atoms with Gasteiger partial charge in [0.2, 0.25) is 0 Å². The number of rotatable bonds is 6. The lowest BCUT2D eigenvalue weighted by Gasteiger charge is -2.21. The first-order valence-corrected chi connectivity index (χ1v) is 8.18. The van der Waals surface area contributed by atoms with Gasteiger partial charge < -0.3 is 15.5 Å². The molecule has 0 fully saturated rings. The van der Waals surface area contributed by atoms with E-state index in [2.05, 4.69) is 24.5 Å². The van der Waals surface area contributed by atoms with E-state index in [1.54, 1.807) is 30.1 Å². The SMILES string of the molecule is CC[C@H](C)NC(=O)c1ccc(NC(=O)N(C)CC(C)C)c(C)c1. The second-order valence-corrected chi connectivity index (χ2v) is 6.52. The molecule has 5 heteroatoms. The van der Waals surface area contributed by atoms with Gasteiger partial charge in [-0.3, -0.25) is 4.79 Å². The van der Waals surface area contributed by atoms with E-state index in [9.17, 15) is 9.59 Å². The lowest BCUT2D eigenvalue weighted by Crippen LogP contribution is -2.34. The number of hydrogen-bond donors (Lipinski definition) is 2. The molecule has 3 amide bonds. The number of carbonyl (C=O) groups excluding carboxylic acids is 2. The minimum atomic E-state index is -0.140. The molecule has 1 atom stereocenters. The second kappa shape index (κ2) is 8.56. The third kappa shape index (κ3) is 5.93. The molecule has 0 saturated heterocycles. The van der Waals surface area contributed by atoms with Gasteiger partial charge in [0.05, 0.1) is 0 Å². The van der Waals surface area contributed by atoms with Gasteiger partial charge in [0.15, 0.2) is 0 Å². The average Bonchev–Trinajstić information content (AvgIpc) is 2.48. The lowest BCUT2D eigenvalue weighted by molar-refractivity contribution is 0.0939. The molecule has 0 aliphatic rings. The first kappa shape index (κ1) is 19.0. The number of urea groups is 1. The van der Waals surface area contributed by atoms with Crippen LogP contribution in [0.15, 0.2) is 18.2 Å². The van der Waals surface area contributed by atoms with Crippen LogP contribution in [0, 0.1) is 12.8 Å². The van der Waals surface area contributed by atoms with Crippen LogP contribution < -0.4 is 10.6 Å². The standard InChI is InChI=1S/C18H29N3O2/c1-7-14(5)19-17(22)15-8-9-16(13(4)10-15)20-18(23)21(6)11-12(2)3/h8-10,12,14H,7,11H2,1-6H3,(H,19,22)(H,20,23)/t14-/m0/s1. The number of nitrogens with one attached hydrogen (secondary N) is 2. The Morgan fingerprint density at radius 2 is 1.87 bits per heavy atom. The zero-order chi connectivity index (χ0) is 17.6. The Morgan fingerprint density at radius 1 is 1.22 bits per heavy atom. The highest BCUT2D eigenvalue weighted by atomic mass is 16.2. The largest absolute Gasteiger partial charge is 0.350 e. The summed E-state index contributed by atoms with van der Waals surface area (Å²) in [7, 11) is 1.78. The Balaban J connectivity index is 2.76. The predicted octanol–water partition coefficient (Wildman–Crippen LogP) is 3.64. The zero-order valence-corrected chi connectivity index (χ0v) is 15.1. The zero-order valence-electron chi connectivity index (χ0n) is 15.1. The van der Waals surface area contributed by atoms with Gasteiger partial charge in [0, 0.05) is 30.9 Å². The molecular weight excluding hydrogens is 290 g/mol. The van der Waals surface area contributed by atoms with Gasteiger partial charge in [-0.25, -0.2) is 4.79 Å². The van der Waals surface area contributed by atoms with E-state index in [1.807, 2.05) is 20.8 Å². The van der Waals surface area contributed by atoms with Gasteiger partial charge in [-0.1, -0.05) is 20.8 Å². The summed E-state index contributed by atoms with van der Waals surface area (Å²) in [5.41, 5.74) is 2.20. The van der Waals surface area contributed by atoms with Crippen LogP contribution >= 0.6 is 0 Å². The quantitative estimate of drug-likeness (QED) is 0.841. The van der Waals surface area contributed by atoms with Crippen molar-refractivity contribution in [3.8, 4) is 0 Å². The van der Waals surface area contributed by atoms with E-state index in [0.717, 1.165) is 17.7 Å². The monoisotopic (exact) mass is 319 g/mol. The van der Waals surface area contributed by atoms with Crippen molar-refractivity contribution < 1.29 is 9.59 Å². The number of amides is 3. The minimum Gasteiger partial charge on any atom is -0.350 e. The summed E-state index contributed by atoms with van der Waals surface area (Å²) in [6.45, 7) is 10.7. The fraction of sp³-hybridized carbons (Fsp3) is 0.556. The summed E-state index contributed by atoms with van der Waals surface area (Å²) >= 11 is 0. The summed E-state index contributed by atoms with van der Waals surface area (Å²) in [6, 6.07) is 5.33. The van der Waals surface area contributed by atoms with Gasteiger partial charge in [0.25, 0.3) is 5.91 Å². The van der Waals surface area contributed by atoms with Gasteiger partial charge in [0.1, 0.15) is 0 Å². The highest BCUT2D eigenvalue weighted by molar-refractivity contribution is 5.96. The molecule has 0 aliphatic heterocycles. The maximum atomic E-state index is 12.1. The number of aryl methyl sites for hydroxylation is 1. The molecule has 1 aromatic carbocycles. The highest BCUT2D eigenvalue weighted by Gasteiger charge is 2.13. The van der Waals surface area contributed by atoms with Crippen LogP contribution in [0.4, 0.5) is 10.5 Å². The normalized spacial score (nSPS) is 12.0. The maximum absolute atomic E-state index is 12.1. The van der Waals surface area contributed by atoms with E-state index >= 15 is 0 Å². The van der Waals surface area contributed by atoms with Crippen molar-refractivity contribution in [2.45, 2.75) is 47.1 Å². The Labute approximate surface area is 139 Å². The Morgan fingerprint density at radius 3 is 2.39 bits per heavy atom. The molecule has 0 saturated carbocycles. The molecule has 1 rings (SSSR count). The van der Waals surface area contributed by atoms with Gasteiger partial charge in [-0.15, -0.1) is 0 Å². The summed E-state index contributed by atoms with van der Waals surface area (Å²) in [5, 5.41) is 5.83. The fourth-order valence-electron chi connectivity index (χ4n) is 2.20. The number of anilines is 1. The molecule has 5 nitrogen and oxygen atoms in total. The van der Waals surface area contributed by atoms with E-state index in [0.29, 0.717) is 18.0 Å². The van der Waals surface area contributed by atoms with Crippen molar-refractivity contribution in [1.82, 2.24) is 10.2 Å². The topological polar surface area (TPSA) is 61.4 Å². The smallest absolute Gasteiger partial charge is 0.321 e. The van der Waals surface area contributed by atoms with Crippen molar-refractivity contribution in [1.29, 1.82) is 0 Å². The first-order chi connectivity index (χ1) is 10.7. The molecule has 0 bridgehead atoms. The number of hydrogen-bond acceptors (Lipinski definition) is 2. The van der Waals surface area contributed by atoms with Crippen molar-refractivity contribution in [2.75, 3.05) is 18.9 Å². The van der Waals surface area contributed by atoms with Gasteiger partial charge in [-0.05, 0) is 49.9 Å². The molecule has 1 aromatic rings. The molecule has 0 heterocycles. The first-order valence-electron chi connectivity index (χ1n) is 8.18. The molecule has 0 unspecified atom stereocenters. The van der Waals surface area contributed by atoms with Crippen molar-refractivity contribution in [3.05, 3.63) is 29.3 Å². The molecule has 0 radical (unpaired) electrons. The van der Waals surface area contributed by atoms with E-state index < -0.39 is 0 Å². The third-order valence-corrected chi connectivity index (χ3v) is 3.71. The van der Waals surface area contributed by atoms with E-state index in [-0.39, 0.29) is 18.0 Å². The van der Waals surface area contributed by atoms with Crippen LogP contribution in [0.25, 0.3) is 0 Å². The van der Waals surface area contributed by atoms with Crippen molar-refractivity contribution in [2.24, 2.45) is 5.92 Å². The van der Waals surface area contributed by atoms with Crippen LogP contribution in [0.5, 0.6) is 0 Å². The fourth-order valence-corrected chi connectivity index (χ4v) is 2.20. The number of nitrogens with zero attached hydrogens (tertiary/aromatic N) is 1. The Hall–Kier alpha value is -2.04. The number of benzene rings is 1. The van der Waals surface area contributed by atoms with Crippen LogP contribution in [-0.4, -0.2) is 36.5 Å². The van der Waals surface area contributed by atoms with Gasteiger partial charge >= 0.3 is 6.03 Å². The lowest BCUT2D eigenvalue weighted by atomic mass is 10.1. The number of carbonyl (C=O) groups is 2. The maximum Gasteiger partial charge on any atom is 0.321 e. The van der Waals surface area contributed by atoms with Gasteiger partial charge in [-0.2, -0.15) is 0 Å². The van der Waals surface area contributed by atoms with Crippen LogP contribution in [0.3, 0.4) is 0 Å². The second-order valence-electron chi connectivity index (χ2n) is 6.52. The molecule has 128 valence electrons. The summed E-state index contributed by atoms with van der Waals surface area (Å²) < 4.78 is 0. The highest BCUT2D eigenvalue weighted by Crippen LogP contribution is 2.17. The Bertz CT molecular complexity index is 555. The van der Waals surface area contributed by atoms with Crippen molar-refractivity contribution >= 4 is 17.6 Å². The minimum absolute atomic E-state index is 0.0859. The van der Waals surface area contributed by atoms with Crippen molar-refractivity contribution in [3.63, 3.8) is 0 Å². The Kier molecular flexibility index (Phi) is 7.07. The van der Waals surface area contributed by atoms with E-state index in [4.69, 9.17) is 0 Å². The molecule has 23 heavy (non-hydrogen) atoms. The molecule has 0 aliphatic carbocycles. The predicted molar refractivity (Wildman–Crippen MR) is 94.9 cm³/mol. The third-order valence-electron chi connectivity index (χ3n) is 3.71. The molecule has 0 spiro atoms. The average molecular weight is 319 g/mol. The summed E-state index contributed by atoms with van der Waals surface area (Å²) in [6.07, 6.45) is 0.890. The molecular formula is C18H29N3O2. The van der Waals surface area contributed by atoms with E-state index in [1.165, 1.54) is 0 Å². The van der Waals surface area contributed by atoms with Crippen LogP contribution in [0.2, 0.25) is 0 Å². The van der Waals surface area contributed by atoms with Crippen LogP contribution in [-0.2, 0) is 0 Å². The summed E-state index contributed by atoms with van der Waals surface area (Å²) in [4.78, 5) is 25.9. The molecule has 2 N–H and O–H groups in total. The van der Waals surface area contributed by atoms with Crippen LogP contribution in [0.1, 0.15) is 50.0 Å². The molecule has 0 aromatic heterocycles. The summed E-state index contributed by atoms with van der Waals surface area (Å²) in [5.74, 6) is 0.329.